The zero-order valence-electron chi connectivity index (χ0n) is 10.1. The van der Waals surface area contributed by atoms with Gasteiger partial charge in [0.1, 0.15) is 12.4 Å². The molecule has 1 aromatic carbocycles. The molecule has 1 unspecified atom stereocenters. The second-order valence-electron chi connectivity index (χ2n) is 3.86. The average Bonchev–Trinajstić information content (AvgIpc) is 2.25. The summed E-state index contributed by atoms with van der Waals surface area (Å²) < 4.78 is 5.39. The summed E-state index contributed by atoms with van der Waals surface area (Å²) in [5.41, 5.74) is 0.0268. The Morgan fingerprint density at radius 1 is 1.50 bits per heavy atom. The summed E-state index contributed by atoms with van der Waals surface area (Å²) in [7, 11) is 0. The molecule has 1 atom stereocenters. The zero-order valence-corrected chi connectivity index (χ0v) is 10.8. The van der Waals surface area contributed by atoms with Crippen molar-refractivity contribution in [3.05, 3.63) is 28.8 Å². The van der Waals surface area contributed by atoms with Crippen LogP contribution in [-0.2, 0) is 4.79 Å². The quantitative estimate of drug-likeness (QED) is 0.858. The Bertz CT molecular complexity index is 461. The van der Waals surface area contributed by atoms with E-state index in [9.17, 15) is 9.59 Å². The molecular weight excluding hydrogens is 258 g/mol. The number of amides is 1. The van der Waals surface area contributed by atoms with Crippen molar-refractivity contribution in [2.24, 2.45) is 0 Å². The normalized spacial score (nSPS) is 11.7. The third-order valence-corrected chi connectivity index (χ3v) is 2.43. The van der Waals surface area contributed by atoms with E-state index < -0.39 is 5.97 Å². The second kappa shape index (κ2) is 6.26. The van der Waals surface area contributed by atoms with E-state index >= 15 is 0 Å². The molecule has 98 valence electrons. The highest BCUT2D eigenvalue weighted by atomic mass is 35.5. The molecule has 5 nitrogen and oxygen atoms in total. The van der Waals surface area contributed by atoms with Crippen LogP contribution in [0.25, 0.3) is 0 Å². The monoisotopic (exact) mass is 271 g/mol. The molecule has 0 aromatic heterocycles. The van der Waals surface area contributed by atoms with Gasteiger partial charge in [0.25, 0.3) is 0 Å². The molecule has 0 spiro atoms. The van der Waals surface area contributed by atoms with Gasteiger partial charge in [0, 0.05) is 6.92 Å². The van der Waals surface area contributed by atoms with Gasteiger partial charge < -0.3 is 15.2 Å². The predicted octanol–water partition coefficient (Wildman–Crippen LogP) is 1.94. The van der Waals surface area contributed by atoms with Crippen LogP contribution in [0.4, 0.5) is 0 Å². The van der Waals surface area contributed by atoms with E-state index in [4.69, 9.17) is 21.4 Å². The number of carbonyl (C=O) groups excluding carboxylic acids is 1. The predicted molar refractivity (Wildman–Crippen MR) is 67.2 cm³/mol. The van der Waals surface area contributed by atoms with Crippen molar-refractivity contribution >= 4 is 23.5 Å². The number of aromatic carboxylic acids is 1. The summed E-state index contributed by atoms with van der Waals surface area (Å²) in [5, 5.41) is 11.6. The number of ether oxygens (including phenoxy) is 1. The number of hydrogen-bond donors (Lipinski definition) is 2. The highest BCUT2D eigenvalue weighted by Crippen LogP contribution is 2.22. The minimum atomic E-state index is -1.09. The summed E-state index contributed by atoms with van der Waals surface area (Å²) in [4.78, 5) is 21.5. The van der Waals surface area contributed by atoms with Gasteiger partial charge in [-0.15, -0.1) is 0 Å². The molecular formula is C12H14ClNO4. The number of hydrogen-bond acceptors (Lipinski definition) is 3. The van der Waals surface area contributed by atoms with Gasteiger partial charge in [-0.25, -0.2) is 4.79 Å². The molecule has 0 bridgehead atoms. The lowest BCUT2D eigenvalue weighted by Crippen LogP contribution is -2.35. The first kappa shape index (κ1) is 14.3. The number of carbonyl (C=O) groups is 2. The van der Waals surface area contributed by atoms with Gasteiger partial charge in [-0.3, -0.25) is 4.79 Å². The van der Waals surface area contributed by atoms with Crippen LogP contribution in [-0.4, -0.2) is 29.6 Å². The van der Waals surface area contributed by atoms with Gasteiger partial charge in [-0.1, -0.05) is 11.6 Å². The van der Waals surface area contributed by atoms with E-state index in [1.807, 2.05) is 0 Å². The van der Waals surface area contributed by atoms with E-state index in [1.54, 1.807) is 6.92 Å². The molecule has 0 saturated heterocycles. The maximum atomic E-state index is 10.8. The number of nitrogens with one attached hydrogen (secondary N) is 1. The van der Waals surface area contributed by atoms with Crippen molar-refractivity contribution in [1.29, 1.82) is 0 Å². The molecule has 0 aliphatic carbocycles. The van der Waals surface area contributed by atoms with Gasteiger partial charge in [0.15, 0.2) is 0 Å². The summed E-state index contributed by atoms with van der Waals surface area (Å²) >= 11 is 5.79. The van der Waals surface area contributed by atoms with Crippen LogP contribution in [0.2, 0.25) is 5.02 Å². The van der Waals surface area contributed by atoms with E-state index in [2.05, 4.69) is 5.32 Å². The number of carboxylic acid groups (broad SMARTS) is 1. The number of benzene rings is 1. The van der Waals surface area contributed by atoms with Gasteiger partial charge in [-0.05, 0) is 25.1 Å². The molecule has 1 amide bonds. The Kier molecular flexibility index (Phi) is 4.97. The number of halogens is 1. The first-order chi connectivity index (χ1) is 8.40. The van der Waals surface area contributed by atoms with Crippen molar-refractivity contribution in [1.82, 2.24) is 5.32 Å². The van der Waals surface area contributed by atoms with E-state index in [-0.39, 0.29) is 29.1 Å². The Morgan fingerprint density at radius 3 is 2.67 bits per heavy atom. The van der Waals surface area contributed by atoms with Crippen molar-refractivity contribution in [2.45, 2.75) is 19.9 Å². The second-order valence-corrected chi connectivity index (χ2v) is 4.27. The molecule has 0 saturated carbocycles. The third kappa shape index (κ3) is 4.25. The fourth-order valence-electron chi connectivity index (χ4n) is 1.37. The van der Waals surface area contributed by atoms with Crippen LogP contribution in [0, 0.1) is 0 Å². The van der Waals surface area contributed by atoms with Crippen molar-refractivity contribution in [2.75, 3.05) is 6.61 Å². The van der Waals surface area contributed by atoms with Crippen LogP contribution in [0.3, 0.4) is 0 Å². The van der Waals surface area contributed by atoms with Crippen LogP contribution >= 0.6 is 11.6 Å². The third-order valence-electron chi connectivity index (χ3n) is 2.12. The van der Waals surface area contributed by atoms with E-state index in [0.717, 1.165) is 0 Å². The highest BCUT2D eigenvalue weighted by molar-refractivity contribution is 6.33. The molecule has 2 N–H and O–H groups in total. The maximum absolute atomic E-state index is 10.8. The van der Waals surface area contributed by atoms with Crippen LogP contribution in [0.5, 0.6) is 5.75 Å². The first-order valence-electron chi connectivity index (χ1n) is 5.33. The largest absolute Gasteiger partial charge is 0.491 e. The molecule has 0 heterocycles. The molecule has 0 fully saturated rings. The van der Waals surface area contributed by atoms with E-state index in [1.165, 1.54) is 25.1 Å². The van der Waals surface area contributed by atoms with Crippen LogP contribution in [0.15, 0.2) is 18.2 Å². The van der Waals surface area contributed by atoms with Crippen LogP contribution in [0.1, 0.15) is 24.2 Å². The molecule has 6 heteroatoms. The van der Waals surface area contributed by atoms with Crippen molar-refractivity contribution in [3.63, 3.8) is 0 Å². The van der Waals surface area contributed by atoms with Crippen LogP contribution < -0.4 is 10.1 Å². The fraction of sp³-hybridized carbons (Fsp3) is 0.333. The Morgan fingerprint density at radius 2 is 2.17 bits per heavy atom. The van der Waals surface area contributed by atoms with Gasteiger partial charge in [0.2, 0.25) is 5.91 Å². The fourth-order valence-corrected chi connectivity index (χ4v) is 1.62. The van der Waals surface area contributed by atoms with Gasteiger partial charge in [0.05, 0.1) is 16.6 Å². The highest BCUT2D eigenvalue weighted by Gasteiger charge is 2.10. The van der Waals surface area contributed by atoms with E-state index in [0.29, 0.717) is 5.75 Å². The topological polar surface area (TPSA) is 75.6 Å². The minimum absolute atomic E-state index is 0.0268. The average molecular weight is 272 g/mol. The lowest BCUT2D eigenvalue weighted by molar-refractivity contribution is -0.119. The summed E-state index contributed by atoms with van der Waals surface area (Å²) in [6, 6.07) is 4.20. The Balaban J connectivity index is 2.61. The number of rotatable bonds is 5. The first-order valence-corrected chi connectivity index (χ1v) is 5.70. The lowest BCUT2D eigenvalue weighted by Gasteiger charge is -2.14. The summed E-state index contributed by atoms with van der Waals surface area (Å²) in [6.45, 7) is 3.51. The molecule has 0 aliphatic heterocycles. The van der Waals surface area contributed by atoms with Crippen molar-refractivity contribution in [3.8, 4) is 5.75 Å². The lowest BCUT2D eigenvalue weighted by atomic mass is 10.2. The van der Waals surface area contributed by atoms with Gasteiger partial charge >= 0.3 is 5.97 Å². The molecule has 18 heavy (non-hydrogen) atoms. The summed E-state index contributed by atoms with van der Waals surface area (Å²) in [6.07, 6.45) is 0. The molecule has 0 radical (unpaired) electrons. The molecule has 0 aliphatic rings. The smallest absolute Gasteiger partial charge is 0.337 e. The molecule has 1 rings (SSSR count). The van der Waals surface area contributed by atoms with Crippen molar-refractivity contribution < 1.29 is 19.4 Å². The minimum Gasteiger partial charge on any atom is -0.491 e. The maximum Gasteiger partial charge on any atom is 0.337 e. The Hall–Kier alpha value is -1.75. The SMILES string of the molecule is CC(=O)NC(C)COc1ccc(C(=O)O)c(Cl)c1. The van der Waals surface area contributed by atoms with Gasteiger partial charge in [-0.2, -0.15) is 0 Å². The zero-order chi connectivity index (χ0) is 13.7. The standard InChI is InChI=1S/C12H14ClNO4/c1-7(14-8(2)15)6-18-9-3-4-10(12(16)17)11(13)5-9/h3-5,7H,6H2,1-2H3,(H,14,15)(H,16,17). The summed E-state index contributed by atoms with van der Waals surface area (Å²) in [5.74, 6) is -0.759. The number of carboxylic acids is 1. The Labute approximate surface area is 110 Å². The molecule has 1 aromatic rings.